The van der Waals surface area contributed by atoms with Crippen LogP contribution in [0, 0.1) is 6.92 Å². The van der Waals surface area contributed by atoms with Gasteiger partial charge in [-0.25, -0.2) is 4.98 Å². The summed E-state index contributed by atoms with van der Waals surface area (Å²) in [5.41, 5.74) is 5.91. The van der Waals surface area contributed by atoms with Gasteiger partial charge in [0.1, 0.15) is 0 Å². The molecule has 34 heavy (non-hydrogen) atoms. The van der Waals surface area contributed by atoms with Crippen LogP contribution < -0.4 is 4.90 Å². The molecule has 2 heterocycles. The molecule has 0 saturated carbocycles. The van der Waals surface area contributed by atoms with E-state index >= 15 is 0 Å². The Morgan fingerprint density at radius 2 is 1.68 bits per heavy atom. The predicted molar refractivity (Wildman–Crippen MR) is 140 cm³/mol. The predicted octanol–water partition coefficient (Wildman–Crippen LogP) is 7.10. The molecule has 3 aromatic carbocycles. The highest BCUT2D eigenvalue weighted by molar-refractivity contribution is 7.22. The molecule has 0 aliphatic heterocycles. The quantitative estimate of drug-likeness (QED) is 0.259. The summed E-state index contributed by atoms with van der Waals surface area (Å²) in [5, 5.41) is 1.32. The van der Waals surface area contributed by atoms with Crippen molar-refractivity contribution in [1.29, 1.82) is 0 Å². The third kappa shape index (κ3) is 4.86. The van der Waals surface area contributed by atoms with Crippen LogP contribution in [0.1, 0.15) is 16.8 Å². The number of rotatable bonds is 6. The van der Waals surface area contributed by atoms with Gasteiger partial charge >= 0.3 is 0 Å². The van der Waals surface area contributed by atoms with Crippen molar-refractivity contribution in [3.8, 4) is 11.1 Å². The number of benzene rings is 3. The van der Waals surface area contributed by atoms with Crippen molar-refractivity contribution in [2.45, 2.75) is 19.9 Å². The fraction of sp³-hybridized carbons (Fsp3) is 0.107. The molecule has 6 heteroatoms. The summed E-state index contributed by atoms with van der Waals surface area (Å²) in [6, 6.07) is 27.9. The molecule has 2 aromatic heterocycles. The molecule has 0 aliphatic rings. The van der Waals surface area contributed by atoms with Gasteiger partial charge in [-0.3, -0.25) is 14.7 Å². The largest absolute Gasteiger partial charge is 0.282 e. The van der Waals surface area contributed by atoms with Crippen LogP contribution >= 0.6 is 22.9 Å². The molecule has 0 saturated heterocycles. The second kappa shape index (κ2) is 9.75. The van der Waals surface area contributed by atoms with Crippen molar-refractivity contribution in [2.75, 3.05) is 4.90 Å². The van der Waals surface area contributed by atoms with Crippen LogP contribution in [-0.4, -0.2) is 15.9 Å². The standard InChI is InChI=1S/C28H22ClN3OS/c1-19-15-23(29)17-25-27(19)31-28(34-25)32(18-24-9-5-6-14-30-24)26(33)16-20-10-12-22(13-11-20)21-7-3-2-4-8-21/h2-15,17H,16,18H2,1H3. The van der Waals surface area contributed by atoms with Gasteiger partial charge in [-0.2, -0.15) is 0 Å². The number of hydrogen-bond donors (Lipinski definition) is 0. The number of anilines is 1. The number of aryl methyl sites for hydroxylation is 1. The number of halogens is 1. The van der Waals surface area contributed by atoms with E-state index in [4.69, 9.17) is 16.6 Å². The van der Waals surface area contributed by atoms with Crippen molar-refractivity contribution in [1.82, 2.24) is 9.97 Å². The van der Waals surface area contributed by atoms with Crippen molar-refractivity contribution in [3.63, 3.8) is 0 Å². The van der Waals surface area contributed by atoms with Crippen LogP contribution in [0.2, 0.25) is 5.02 Å². The highest BCUT2D eigenvalue weighted by Gasteiger charge is 2.22. The topological polar surface area (TPSA) is 46.1 Å². The zero-order valence-corrected chi connectivity index (χ0v) is 20.2. The minimum absolute atomic E-state index is 0.0269. The van der Waals surface area contributed by atoms with E-state index in [2.05, 4.69) is 29.2 Å². The number of thiazole rings is 1. The Bertz CT molecular complexity index is 1430. The van der Waals surface area contributed by atoms with Crippen LogP contribution in [0.3, 0.4) is 0 Å². The van der Waals surface area contributed by atoms with E-state index in [1.165, 1.54) is 11.3 Å². The molecular formula is C28H22ClN3OS. The summed E-state index contributed by atoms with van der Waals surface area (Å²) in [5.74, 6) is -0.0269. The van der Waals surface area contributed by atoms with Crippen LogP contribution in [0.15, 0.2) is 91.1 Å². The minimum Gasteiger partial charge on any atom is -0.282 e. The van der Waals surface area contributed by atoms with E-state index in [0.29, 0.717) is 16.7 Å². The number of pyridine rings is 1. The number of hydrogen-bond acceptors (Lipinski definition) is 4. The molecule has 0 fully saturated rings. The van der Waals surface area contributed by atoms with Gasteiger partial charge in [0, 0.05) is 11.2 Å². The number of carbonyl (C=O) groups excluding carboxylic acids is 1. The molecule has 5 rings (SSSR count). The molecular weight excluding hydrogens is 462 g/mol. The van der Waals surface area contributed by atoms with Crippen LogP contribution in [0.4, 0.5) is 5.13 Å². The number of carbonyl (C=O) groups is 1. The average Bonchev–Trinajstić information content (AvgIpc) is 3.28. The summed E-state index contributed by atoms with van der Waals surface area (Å²) in [4.78, 5) is 24.5. The summed E-state index contributed by atoms with van der Waals surface area (Å²) < 4.78 is 0.964. The zero-order valence-electron chi connectivity index (χ0n) is 18.6. The summed E-state index contributed by atoms with van der Waals surface area (Å²) in [6.45, 7) is 2.34. The summed E-state index contributed by atoms with van der Waals surface area (Å²) >= 11 is 7.73. The smallest absolute Gasteiger partial charge is 0.233 e. The third-order valence-corrected chi connectivity index (χ3v) is 6.88. The normalized spacial score (nSPS) is 11.0. The van der Waals surface area contributed by atoms with Crippen LogP contribution in [0.25, 0.3) is 21.3 Å². The van der Waals surface area contributed by atoms with Crippen LogP contribution in [0.5, 0.6) is 0 Å². The highest BCUT2D eigenvalue weighted by atomic mass is 35.5. The summed E-state index contributed by atoms with van der Waals surface area (Å²) in [6.07, 6.45) is 2.01. The molecule has 0 atom stereocenters. The highest BCUT2D eigenvalue weighted by Crippen LogP contribution is 2.34. The van der Waals surface area contributed by atoms with Gasteiger partial charge in [-0.15, -0.1) is 0 Å². The van der Waals surface area contributed by atoms with Gasteiger partial charge in [0.05, 0.1) is 28.9 Å². The Morgan fingerprint density at radius 3 is 2.41 bits per heavy atom. The molecule has 0 N–H and O–H groups in total. The van der Waals surface area contributed by atoms with Gasteiger partial charge in [0.15, 0.2) is 5.13 Å². The summed E-state index contributed by atoms with van der Waals surface area (Å²) in [7, 11) is 0. The lowest BCUT2D eigenvalue weighted by Crippen LogP contribution is -2.32. The lowest BCUT2D eigenvalue weighted by Gasteiger charge is -2.19. The molecule has 0 radical (unpaired) electrons. The Morgan fingerprint density at radius 1 is 0.941 bits per heavy atom. The Labute approximate surface area is 207 Å². The van der Waals surface area contributed by atoms with E-state index in [1.807, 2.05) is 67.6 Å². The molecule has 0 spiro atoms. The lowest BCUT2D eigenvalue weighted by atomic mass is 10.0. The third-order valence-electron chi connectivity index (χ3n) is 5.63. The van der Waals surface area contributed by atoms with E-state index < -0.39 is 0 Å². The monoisotopic (exact) mass is 483 g/mol. The van der Waals surface area contributed by atoms with Crippen molar-refractivity contribution in [3.05, 3.63) is 113 Å². The molecule has 4 nitrogen and oxygen atoms in total. The van der Waals surface area contributed by atoms with Crippen molar-refractivity contribution in [2.24, 2.45) is 0 Å². The first-order chi connectivity index (χ1) is 16.6. The fourth-order valence-electron chi connectivity index (χ4n) is 3.89. The van der Waals surface area contributed by atoms with E-state index in [9.17, 15) is 4.79 Å². The maximum Gasteiger partial charge on any atom is 0.233 e. The molecule has 5 aromatic rings. The minimum atomic E-state index is -0.0269. The van der Waals surface area contributed by atoms with Gasteiger partial charge < -0.3 is 0 Å². The SMILES string of the molecule is Cc1cc(Cl)cc2sc(N(Cc3ccccn3)C(=O)Cc3ccc(-c4ccccc4)cc3)nc12. The first kappa shape index (κ1) is 22.3. The Balaban J connectivity index is 1.44. The van der Waals surface area contributed by atoms with E-state index in [-0.39, 0.29) is 12.3 Å². The first-order valence-corrected chi connectivity index (χ1v) is 12.2. The Hall–Kier alpha value is -3.54. The van der Waals surface area contributed by atoms with E-state index in [0.717, 1.165) is 38.2 Å². The molecule has 0 unspecified atom stereocenters. The number of nitrogens with zero attached hydrogens (tertiary/aromatic N) is 3. The van der Waals surface area contributed by atoms with Gasteiger partial charge in [-0.05, 0) is 53.4 Å². The second-order valence-corrected chi connectivity index (χ2v) is 9.55. The molecule has 0 aliphatic carbocycles. The van der Waals surface area contributed by atoms with E-state index in [1.54, 1.807) is 11.1 Å². The second-order valence-electron chi connectivity index (χ2n) is 8.11. The van der Waals surface area contributed by atoms with Gasteiger partial charge in [0.25, 0.3) is 0 Å². The maximum atomic E-state index is 13.5. The molecule has 1 amide bonds. The van der Waals surface area contributed by atoms with Crippen molar-refractivity contribution < 1.29 is 4.79 Å². The molecule has 0 bridgehead atoms. The maximum absolute atomic E-state index is 13.5. The van der Waals surface area contributed by atoms with Crippen molar-refractivity contribution >= 4 is 44.2 Å². The average molecular weight is 484 g/mol. The lowest BCUT2D eigenvalue weighted by molar-refractivity contribution is -0.118. The number of aromatic nitrogens is 2. The first-order valence-electron chi connectivity index (χ1n) is 11.0. The Kier molecular flexibility index (Phi) is 6.39. The van der Waals surface area contributed by atoms with Crippen LogP contribution in [-0.2, 0) is 17.8 Å². The molecule has 168 valence electrons. The fourth-order valence-corrected chi connectivity index (χ4v) is 5.33. The van der Waals surface area contributed by atoms with Gasteiger partial charge in [0.2, 0.25) is 5.91 Å². The number of amides is 1. The van der Waals surface area contributed by atoms with Gasteiger partial charge in [-0.1, -0.05) is 83.6 Å². The zero-order chi connectivity index (χ0) is 23.5. The number of fused-ring (bicyclic) bond motifs is 1.